The second-order valence-corrected chi connectivity index (χ2v) is 8.98. The zero-order valence-electron chi connectivity index (χ0n) is 18.4. The lowest BCUT2D eigenvalue weighted by Crippen LogP contribution is -2.48. The molecule has 1 saturated heterocycles. The number of halogens is 3. The summed E-state index contributed by atoms with van der Waals surface area (Å²) in [5.41, 5.74) is 1.92. The van der Waals surface area contributed by atoms with Gasteiger partial charge in [-0.3, -0.25) is 9.89 Å². The van der Waals surface area contributed by atoms with E-state index in [9.17, 15) is 8.78 Å². The van der Waals surface area contributed by atoms with Crippen molar-refractivity contribution in [3.63, 3.8) is 0 Å². The maximum atomic E-state index is 13.4. The molecule has 0 atom stereocenters. The van der Waals surface area contributed by atoms with Crippen molar-refractivity contribution in [2.45, 2.75) is 52.6 Å². The van der Waals surface area contributed by atoms with Crippen LogP contribution in [0, 0.1) is 25.5 Å². The van der Waals surface area contributed by atoms with Crippen molar-refractivity contribution in [1.82, 2.24) is 20.5 Å². The summed E-state index contributed by atoms with van der Waals surface area (Å²) in [5, 5.41) is 7.99. The molecule has 9 heteroatoms. The molecule has 0 radical (unpaired) electrons. The number of benzene rings is 1. The molecule has 2 N–H and O–H groups in total. The normalized spacial score (nSPS) is 15.6. The topological polar surface area (TPSA) is 52.6 Å². The summed E-state index contributed by atoms with van der Waals surface area (Å²) >= 11 is 1.75. The first kappa shape index (κ1) is 25.9. The Bertz CT molecular complexity index is 866. The Kier molecular flexibility index (Phi) is 10.6. The van der Waals surface area contributed by atoms with Crippen LogP contribution in [-0.4, -0.2) is 48.1 Å². The number of rotatable bonds is 7. The van der Waals surface area contributed by atoms with Gasteiger partial charge >= 0.3 is 0 Å². The predicted molar refractivity (Wildman–Crippen MR) is 134 cm³/mol. The van der Waals surface area contributed by atoms with Crippen molar-refractivity contribution in [3.8, 4) is 0 Å². The Balaban J connectivity index is 0.00000341. The molecule has 31 heavy (non-hydrogen) atoms. The fraction of sp³-hybridized carbons (Fsp3) is 0.545. The van der Waals surface area contributed by atoms with Crippen molar-refractivity contribution in [3.05, 3.63) is 51.0 Å². The lowest BCUT2D eigenvalue weighted by atomic mass is 10.0. The number of guanidine groups is 1. The zero-order chi connectivity index (χ0) is 21.5. The first-order valence-corrected chi connectivity index (χ1v) is 11.4. The van der Waals surface area contributed by atoms with Crippen molar-refractivity contribution < 1.29 is 8.78 Å². The van der Waals surface area contributed by atoms with Crippen LogP contribution < -0.4 is 10.6 Å². The number of aromatic nitrogens is 1. The number of thiazole rings is 1. The van der Waals surface area contributed by atoms with Gasteiger partial charge in [0.25, 0.3) is 0 Å². The van der Waals surface area contributed by atoms with Gasteiger partial charge in [0.05, 0.1) is 10.7 Å². The van der Waals surface area contributed by atoms with Gasteiger partial charge in [-0.2, -0.15) is 0 Å². The lowest BCUT2D eigenvalue weighted by Gasteiger charge is -2.33. The molecule has 1 fully saturated rings. The molecule has 1 aliphatic rings. The van der Waals surface area contributed by atoms with E-state index < -0.39 is 11.6 Å². The number of nitrogens with zero attached hydrogens (tertiary/aromatic N) is 3. The SMILES string of the molecule is CCNC(=NCCc1sc(C)nc1C)NC1CCN(Cc2ccc(F)c(F)c2)CC1.I. The molecule has 0 spiro atoms. The standard InChI is InChI=1S/C22H31F2N5S.HI/c1-4-25-22(26-10-7-21-15(2)27-16(3)30-21)28-18-8-11-29(12-9-18)14-17-5-6-19(23)20(24)13-17;/h5-6,13,18H,4,7-12,14H2,1-3H3,(H2,25,26,28);1H. The molecule has 2 aromatic rings. The molecule has 5 nitrogen and oxygen atoms in total. The van der Waals surface area contributed by atoms with E-state index in [1.165, 1.54) is 17.0 Å². The summed E-state index contributed by atoms with van der Waals surface area (Å²) in [6.45, 7) is 10.2. The summed E-state index contributed by atoms with van der Waals surface area (Å²) in [6, 6.07) is 4.51. The smallest absolute Gasteiger partial charge is 0.191 e. The molecule has 0 bridgehead atoms. The monoisotopic (exact) mass is 563 g/mol. The maximum Gasteiger partial charge on any atom is 0.191 e. The Morgan fingerprint density at radius 3 is 2.58 bits per heavy atom. The number of hydrogen-bond acceptors (Lipinski definition) is 4. The minimum Gasteiger partial charge on any atom is -0.357 e. The highest BCUT2D eigenvalue weighted by molar-refractivity contribution is 14.0. The number of aryl methyl sites for hydroxylation is 2. The van der Waals surface area contributed by atoms with Crippen LogP contribution in [0.2, 0.25) is 0 Å². The average Bonchev–Trinajstić information content (AvgIpc) is 3.03. The Morgan fingerprint density at radius 2 is 1.97 bits per heavy atom. The highest BCUT2D eigenvalue weighted by Crippen LogP contribution is 2.18. The third-order valence-electron chi connectivity index (χ3n) is 5.27. The first-order chi connectivity index (χ1) is 14.4. The lowest BCUT2D eigenvalue weighted by molar-refractivity contribution is 0.198. The van der Waals surface area contributed by atoms with Gasteiger partial charge in [0, 0.05) is 50.1 Å². The largest absolute Gasteiger partial charge is 0.357 e. The van der Waals surface area contributed by atoms with E-state index in [1.807, 2.05) is 6.92 Å². The van der Waals surface area contributed by atoms with Crippen LogP contribution in [0.5, 0.6) is 0 Å². The quantitative estimate of drug-likeness (QED) is 0.298. The van der Waals surface area contributed by atoms with Crippen LogP contribution >= 0.6 is 35.3 Å². The van der Waals surface area contributed by atoms with Crippen LogP contribution in [0.1, 0.15) is 40.9 Å². The van der Waals surface area contributed by atoms with Gasteiger partial charge in [0.1, 0.15) is 0 Å². The summed E-state index contributed by atoms with van der Waals surface area (Å²) in [7, 11) is 0. The summed E-state index contributed by atoms with van der Waals surface area (Å²) in [6.07, 6.45) is 2.88. The Labute approximate surface area is 204 Å². The predicted octanol–water partition coefficient (Wildman–Crippen LogP) is 4.42. The maximum absolute atomic E-state index is 13.4. The van der Waals surface area contributed by atoms with Gasteiger partial charge in [-0.15, -0.1) is 35.3 Å². The van der Waals surface area contributed by atoms with Gasteiger partial charge < -0.3 is 10.6 Å². The molecule has 0 unspecified atom stereocenters. The van der Waals surface area contributed by atoms with Crippen LogP contribution in [0.3, 0.4) is 0 Å². The highest BCUT2D eigenvalue weighted by Gasteiger charge is 2.20. The minimum absolute atomic E-state index is 0. The Hall–Kier alpha value is -1.33. The van der Waals surface area contributed by atoms with Crippen molar-refractivity contribution in [2.24, 2.45) is 4.99 Å². The molecule has 1 aromatic heterocycles. The number of aliphatic imine (C=N–C) groups is 1. The third-order valence-corrected chi connectivity index (χ3v) is 6.40. The highest BCUT2D eigenvalue weighted by atomic mass is 127. The van der Waals surface area contributed by atoms with Gasteiger partial charge in [-0.05, 0) is 51.3 Å². The summed E-state index contributed by atoms with van der Waals surface area (Å²) in [5.74, 6) is -0.716. The number of hydrogen-bond donors (Lipinski definition) is 2. The van der Waals surface area contributed by atoms with E-state index in [-0.39, 0.29) is 24.0 Å². The fourth-order valence-corrected chi connectivity index (χ4v) is 4.65. The van der Waals surface area contributed by atoms with Crippen LogP contribution in [0.4, 0.5) is 8.78 Å². The van der Waals surface area contributed by atoms with E-state index in [1.54, 1.807) is 17.4 Å². The van der Waals surface area contributed by atoms with E-state index in [0.717, 1.165) is 67.7 Å². The molecular weight excluding hydrogens is 531 g/mol. The molecule has 172 valence electrons. The second-order valence-electron chi connectivity index (χ2n) is 7.70. The van der Waals surface area contributed by atoms with Crippen LogP contribution in [0.15, 0.2) is 23.2 Å². The molecule has 0 saturated carbocycles. The molecule has 3 rings (SSSR count). The number of nitrogens with one attached hydrogen (secondary N) is 2. The first-order valence-electron chi connectivity index (χ1n) is 10.6. The van der Waals surface area contributed by atoms with Crippen molar-refractivity contribution in [2.75, 3.05) is 26.2 Å². The zero-order valence-corrected chi connectivity index (χ0v) is 21.5. The van der Waals surface area contributed by atoms with E-state index in [0.29, 0.717) is 12.6 Å². The molecule has 0 amide bonds. The fourth-order valence-electron chi connectivity index (χ4n) is 3.72. The third kappa shape index (κ3) is 7.94. The van der Waals surface area contributed by atoms with Gasteiger partial charge in [0.15, 0.2) is 17.6 Å². The van der Waals surface area contributed by atoms with E-state index in [4.69, 9.17) is 4.99 Å². The molecule has 0 aliphatic carbocycles. The van der Waals surface area contributed by atoms with Crippen molar-refractivity contribution >= 4 is 41.3 Å². The number of piperidine rings is 1. The van der Waals surface area contributed by atoms with Crippen molar-refractivity contribution in [1.29, 1.82) is 0 Å². The number of likely N-dealkylation sites (tertiary alicyclic amines) is 1. The summed E-state index contributed by atoms with van der Waals surface area (Å²) < 4.78 is 26.5. The molecule has 1 aromatic carbocycles. The molecule has 2 heterocycles. The van der Waals surface area contributed by atoms with E-state index >= 15 is 0 Å². The van der Waals surface area contributed by atoms with Crippen LogP contribution in [0.25, 0.3) is 0 Å². The molecule has 1 aliphatic heterocycles. The van der Waals surface area contributed by atoms with Gasteiger partial charge in [-0.1, -0.05) is 6.07 Å². The van der Waals surface area contributed by atoms with Gasteiger partial charge in [0.2, 0.25) is 0 Å². The van der Waals surface area contributed by atoms with Crippen LogP contribution in [-0.2, 0) is 13.0 Å². The average molecular weight is 564 g/mol. The summed E-state index contributed by atoms with van der Waals surface area (Å²) in [4.78, 5) is 12.8. The molecular formula is C22H32F2IN5S. The minimum atomic E-state index is -0.794. The van der Waals surface area contributed by atoms with E-state index in [2.05, 4.69) is 34.4 Å². The van der Waals surface area contributed by atoms with Gasteiger partial charge in [-0.25, -0.2) is 13.8 Å². The Morgan fingerprint density at radius 1 is 1.23 bits per heavy atom. The second kappa shape index (κ2) is 12.6.